The molecule has 5 aromatic rings. The van der Waals surface area contributed by atoms with E-state index in [0.717, 1.165) is 32.9 Å². The molecular weight excluding hydrogens is 350 g/mol. The second-order valence-corrected chi connectivity index (χ2v) is 6.22. The fourth-order valence-corrected chi connectivity index (χ4v) is 3.29. The standard InChI is InChI=1S/C21H13N7/c22-10-13-3-1-4-14(9-13)26-21-16-7-8-23-11-18(16)15-5-2-6-17(19(15)27-21)20-24-12-25-28-20/h1-9,11-12H,(H,26,27)(H,24,25,28). The number of pyridine rings is 2. The van der Waals surface area contributed by atoms with Crippen molar-refractivity contribution < 1.29 is 0 Å². The van der Waals surface area contributed by atoms with E-state index in [-0.39, 0.29) is 0 Å². The highest BCUT2D eigenvalue weighted by atomic mass is 15.2. The molecule has 0 saturated carbocycles. The van der Waals surface area contributed by atoms with Crippen LogP contribution in [0.5, 0.6) is 0 Å². The molecule has 5 rings (SSSR count). The number of rotatable bonds is 3. The number of aromatic nitrogens is 5. The Morgan fingerprint density at radius 1 is 1.00 bits per heavy atom. The third-order valence-corrected chi connectivity index (χ3v) is 4.54. The van der Waals surface area contributed by atoms with Gasteiger partial charge < -0.3 is 5.32 Å². The Labute approximate surface area is 159 Å². The Morgan fingerprint density at radius 3 is 2.79 bits per heavy atom. The number of hydrogen-bond donors (Lipinski definition) is 2. The Balaban J connectivity index is 1.78. The molecule has 132 valence electrons. The van der Waals surface area contributed by atoms with E-state index in [1.807, 2.05) is 42.6 Å². The minimum absolute atomic E-state index is 0.582. The number of fused-ring (bicyclic) bond motifs is 3. The molecule has 0 amide bonds. The van der Waals surface area contributed by atoms with Crippen LogP contribution in [0.1, 0.15) is 5.56 Å². The number of nitrogens with one attached hydrogen (secondary N) is 2. The van der Waals surface area contributed by atoms with E-state index in [4.69, 9.17) is 10.2 Å². The predicted octanol–water partition coefficient (Wildman–Crippen LogP) is 4.18. The maximum absolute atomic E-state index is 9.16. The van der Waals surface area contributed by atoms with Crippen molar-refractivity contribution in [3.8, 4) is 17.5 Å². The smallest absolute Gasteiger partial charge is 0.183 e. The van der Waals surface area contributed by atoms with Gasteiger partial charge in [-0.2, -0.15) is 10.4 Å². The van der Waals surface area contributed by atoms with Crippen molar-refractivity contribution >= 4 is 33.2 Å². The van der Waals surface area contributed by atoms with Crippen LogP contribution in [0.2, 0.25) is 0 Å². The van der Waals surface area contributed by atoms with Crippen LogP contribution < -0.4 is 5.32 Å². The van der Waals surface area contributed by atoms with Crippen LogP contribution in [0.3, 0.4) is 0 Å². The number of nitriles is 1. The van der Waals surface area contributed by atoms with Crippen molar-refractivity contribution in [2.45, 2.75) is 0 Å². The van der Waals surface area contributed by atoms with Gasteiger partial charge in [0.2, 0.25) is 0 Å². The van der Waals surface area contributed by atoms with Gasteiger partial charge in [-0.1, -0.05) is 18.2 Å². The number of benzene rings is 2. The van der Waals surface area contributed by atoms with Crippen molar-refractivity contribution in [3.63, 3.8) is 0 Å². The second-order valence-electron chi connectivity index (χ2n) is 6.22. The highest BCUT2D eigenvalue weighted by Crippen LogP contribution is 2.34. The summed E-state index contributed by atoms with van der Waals surface area (Å²) in [5.74, 6) is 1.27. The highest BCUT2D eigenvalue weighted by molar-refractivity contribution is 6.13. The van der Waals surface area contributed by atoms with E-state index in [1.54, 1.807) is 24.7 Å². The molecule has 7 heteroatoms. The molecule has 0 aliphatic rings. The van der Waals surface area contributed by atoms with Gasteiger partial charge in [-0.3, -0.25) is 10.1 Å². The molecule has 0 aliphatic heterocycles. The summed E-state index contributed by atoms with van der Waals surface area (Å²) < 4.78 is 0. The van der Waals surface area contributed by atoms with Crippen LogP contribution in [-0.2, 0) is 0 Å². The van der Waals surface area contributed by atoms with Crippen LogP contribution in [0.25, 0.3) is 33.1 Å². The normalized spacial score (nSPS) is 10.8. The summed E-state index contributed by atoms with van der Waals surface area (Å²) >= 11 is 0. The third kappa shape index (κ3) is 2.61. The van der Waals surface area contributed by atoms with Crippen molar-refractivity contribution in [1.82, 2.24) is 25.1 Å². The monoisotopic (exact) mass is 363 g/mol. The first-order chi connectivity index (χ1) is 13.8. The van der Waals surface area contributed by atoms with E-state index >= 15 is 0 Å². The van der Waals surface area contributed by atoms with Gasteiger partial charge in [-0.05, 0) is 30.3 Å². The number of hydrogen-bond acceptors (Lipinski definition) is 6. The molecule has 0 radical (unpaired) electrons. The molecule has 0 fully saturated rings. The van der Waals surface area contributed by atoms with Crippen molar-refractivity contribution in [1.29, 1.82) is 5.26 Å². The molecule has 0 saturated heterocycles. The van der Waals surface area contributed by atoms with E-state index in [1.165, 1.54) is 0 Å². The van der Waals surface area contributed by atoms with E-state index in [2.05, 4.69) is 31.6 Å². The van der Waals surface area contributed by atoms with Gasteiger partial charge in [0.15, 0.2) is 5.82 Å². The topological polar surface area (TPSA) is 103 Å². The molecular formula is C21H13N7. The molecule has 2 N–H and O–H groups in total. The number of para-hydroxylation sites is 1. The number of aromatic amines is 1. The first-order valence-corrected chi connectivity index (χ1v) is 8.63. The lowest BCUT2D eigenvalue weighted by Gasteiger charge is -2.13. The molecule has 0 spiro atoms. The fourth-order valence-electron chi connectivity index (χ4n) is 3.29. The first-order valence-electron chi connectivity index (χ1n) is 8.63. The number of anilines is 2. The van der Waals surface area contributed by atoms with E-state index in [9.17, 15) is 0 Å². The molecule has 0 atom stereocenters. The van der Waals surface area contributed by atoms with Gasteiger partial charge in [-0.25, -0.2) is 9.97 Å². The fraction of sp³-hybridized carbons (Fsp3) is 0. The summed E-state index contributed by atoms with van der Waals surface area (Å²) in [6.07, 6.45) is 5.12. The first kappa shape index (κ1) is 15.9. The molecule has 0 bridgehead atoms. The van der Waals surface area contributed by atoms with Crippen LogP contribution in [0.4, 0.5) is 11.5 Å². The minimum Gasteiger partial charge on any atom is -0.340 e. The Morgan fingerprint density at radius 2 is 1.93 bits per heavy atom. The van der Waals surface area contributed by atoms with E-state index in [0.29, 0.717) is 17.2 Å². The van der Waals surface area contributed by atoms with E-state index < -0.39 is 0 Å². The summed E-state index contributed by atoms with van der Waals surface area (Å²) in [7, 11) is 0. The van der Waals surface area contributed by atoms with Crippen LogP contribution >= 0.6 is 0 Å². The maximum Gasteiger partial charge on any atom is 0.183 e. The van der Waals surface area contributed by atoms with Gasteiger partial charge >= 0.3 is 0 Å². The predicted molar refractivity (Wildman–Crippen MR) is 107 cm³/mol. The summed E-state index contributed by atoms with van der Waals surface area (Å²) in [6, 6.07) is 17.3. The van der Waals surface area contributed by atoms with Crippen molar-refractivity contribution in [2.24, 2.45) is 0 Å². The van der Waals surface area contributed by atoms with Gasteiger partial charge in [0, 0.05) is 39.8 Å². The SMILES string of the molecule is N#Cc1cccc(Nc2nc3c(-c4nc[nH]n4)cccc3c3cnccc23)c1. The number of nitrogens with zero attached hydrogens (tertiary/aromatic N) is 5. The molecule has 7 nitrogen and oxygen atoms in total. The molecule has 28 heavy (non-hydrogen) atoms. The molecule has 0 unspecified atom stereocenters. The third-order valence-electron chi connectivity index (χ3n) is 4.54. The lowest BCUT2D eigenvalue weighted by Crippen LogP contribution is -1.98. The summed E-state index contributed by atoms with van der Waals surface area (Å²) in [5.41, 5.74) is 2.98. The van der Waals surface area contributed by atoms with Crippen LogP contribution in [0, 0.1) is 11.3 Å². The van der Waals surface area contributed by atoms with Gasteiger partial charge in [-0.15, -0.1) is 0 Å². The van der Waals surface area contributed by atoms with Crippen LogP contribution in [0.15, 0.2) is 67.3 Å². The number of H-pyrrole nitrogens is 1. The lowest BCUT2D eigenvalue weighted by molar-refractivity contribution is 1.10. The summed E-state index contributed by atoms with van der Waals surface area (Å²) in [4.78, 5) is 13.5. The second kappa shape index (κ2) is 6.45. The zero-order chi connectivity index (χ0) is 18.9. The molecule has 3 heterocycles. The highest BCUT2D eigenvalue weighted by Gasteiger charge is 2.14. The Hall–Kier alpha value is -4.31. The molecule has 0 aliphatic carbocycles. The minimum atomic E-state index is 0.582. The zero-order valence-electron chi connectivity index (χ0n) is 14.6. The Kier molecular flexibility index (Phi) is 3.66. The molecule has 3 aromatic heterocycles. The summed E-state index contributed by atoms with van der Waals surface area (Å²) in [6.45, 7) is 0. The molecule has 2 aromatic carbocycles. The largest absolute Gasteiger partial charge is 0.340 e. The van der Waals surface area contributed by atoms with Gasteiger partial charge in [0.1, 0.15) is 12.1 Å². The quantitative estimate of drug-likeness (QED) is 0.466. The van der Waals surface area contributed by atoms with Crippen molar-refractivity contribution in [3.05, 3.63) is 72.8 Å². The maximum atomic E-state index is 9.16. The van der Waals surface area contributed by atoms with Gasteiger partial charge in [0.05, 0.1) is 17.1 Å². The summed E-state index contributed by atoms with van der Waals surface area (Å²) in [5, 5.41) is 22.4. The average molecular weight is 363 g/mol. The lowest BCUT2D eigenvalue weighted by atomic mass is 10.0. The Bertz CT molecular complexity index is 1350. The van der Waals surface area contributed by atoms with Crippen molar-refractivity contribution in [2.75, 3.05) is 5.32 Å². The van der Waals surface area contributed by atoms with Crippen LogP contribution in [-0.4, -0.2) is 25.1 Å². The van der Waals surface area contributed by atoms with Gasteiger partial charge in [0.25, 0.3) is 0 Å². The zero-order valence-corrected chi connectivity index (χ0v) is 14.6. The average Bonchev–Trinajstić information content (AvgIpc) is 3.28.